The molecule has 0 amide bonds. The molecule has 0 saturated heterocycles. The van der Waals surface area contributed by atoms with E-state index >= 15 is 0 Å². The van der Waals surface area contributed by atoms with Crippen LogP contribution >= 0.6 is 0 Å². The maximum Gasteiger partial charge on any atom is 0.169 e. The Morgan fingerprint density at radius 2 is 1.07 bits per heavy atom. The van der Waals surface area contributed by atoms with Crippen molar-refractivity contribution in [2.75, 3.05) is 0 Å². The minimum atomic E-state index is -0.113. The number of phenolic OH excluding ortho intramolecular Hbond substituents is 3. The molecule has 1 unspecified atom stereocenters. The summed E-state index contributed by atoms with van der Waals surface area (Å²) in [6, 6.07) is 26.6. The quantitative estimate of drug-likeness (QED) is 0.189. The number of hydrogen-bond acceptors (Lipinski definition) is 4. The summed E-state index contributed by atoms with van der Waals surface area (Å²) < 4.78 is 5.94. The lowest BCUT2D eigenvalue weighted by atomic mass is 9.77. The van der Waals surface area contributed by atoms with E-state index in [4.69, 9.17) is 4.74 Å². The average Bonchev–Trinajstić information content (AvgIpc) is 2.93. The number of ether oxygens (including phenoxy) is 1. The molecule has 3 N–H and O–H groups in total. The van der Waals surface area contributed by atoms with Gasteiger partial charge in [-0.1, -0.05) is 54.1 Å². The summed E-state index contributed by atoms with van der Waals surface area (Å²) in [5, 5.41) is 31.6. The van der Waals surface area contributed by atoms with E-state index in [1.54, 1.807) is 12.1 Å². The number of fused-ring (bicyclic) bond motifs is 4. The molecule has 6 rings (SSSR count). The highest BCUT2D eigenvalue weighted by Gasteiger charge is 2.28. The molecule has 0 spiro atoms. The normalized spacial score (nSPS) is 13.3. The fraction of sp³-hybridized carbons (Fsp3) is 0.211. The lowest BCUT2D eigenvalue weighted by molar-refractivity contribution is 0.382. The van der Waals surface area contributed by atoms with Crippen molar-refractivity contribution in [1.29, 1.82) is 0 Å². The van der Waals surface area contributed by atoms with Crippen molar-refractivity contribution >= 4 is 0 Å². The van der Waals surface area contributed by atoms with Gasteiger partial charge in [0.2, 0.25) is 0 Å². The Kier molecular flexibility index (Phi) is 6.73. The lowest BCUT2D eigenvalue weighted by Gasteiger charge is -2.28. The van der Waals surface area contributed by atoms with E-state index in [1.165, 1.54) is 27.8 Å². The Bertz CT molecular complexity index is 1790. The molecule has 42 heavy (non-hydrogen) atoms. The standard InChI is InChI=1S/C38H36O4/c1-20-7-8-21(2)28(13-20)37(29-14-25(6)32(39)15-22(29)3)26-9-11-27(12-10-26)38-30-18-35(33(40)16-23(30)4)42-36-19-31(38)24(5)17-34(36)41/h7-19,37-41H,1-6H3. The van der Waals surface area contributed by atoms with Gasteiger partial charge in [0.25, 0.3) is 0 Å². The second-order valence-electron chi connectivity index (χ2n) is 11.8. The first kappa shape index (κ1) is 27.5. The molecule has 1 aliphatic rings. The third-order valence-electron chi connectivity index (χ3n) is 8.78. The van der Waals surface area contributed by atoms with E-state index in [2.05, 4.69) is 69.3 Å². The van der Waals surface area contributed by atoms with Gasteiger partial charge < -0.3 is 20.1 Å². The van der Waals surface area contributed by atoms with Gasteiger partial charge in [-0.3, -0.25) is 0 Å². The van der Waals surface area contributed by atoms with Crippen molar-refractivity contribution in [1.82, 2.24) is 0 Å². The molecule has 1 aliphatic heterocycles. The first-order chi connectivity index (χ1) is 20.0. The maximum atomic E-state index is 10.6. The molecule has 212 valence electrons. The average molecular weight is 557 g/mol. The Labute approximate surface area is 247 Å². The summed E-state index contributed by atoms with van der Waals surface area (Å²) in [4.78, 5) is 0. The van der Waals surface area contributed by atoms with Gasteiger partial charge in [-0.2, -0.15) is 0 Å². The molecule has 0 aromatic heterocycles. The largest absolute Gasteiger partial charge is 0.508 e. The van der Waals surface area contributed by atoms with Gasteiger partial charge in [-0.05, 0) is 133 Å². The van der Waals surface area contributed by atoms with Crippen LogP contribution in [0, 0.1) is 41.5 Å². The molecule has 4 bridgehead atoms. The SMILES string of the molecule is Cc1ccc(C)c(C(c2ccc(C3c4cc(c(O)cc4C)Oc4cc3c(C)cc4O)cc2)c2cc(C)c(O)cc2C)c1. The van der Waals surface area contributed by atoms with Crippen molar-refractivity contribution in [3.63, 3.8) is 0 Å². The molecule has 5 aromatic rings. The molecule has 0 aliphatic carbocycles. The van der Waals surface area contributed by atoms with E-state index in [1.807, 2.05) is 39.0 Å². The van der Waals surface area contributed by atoms with Gasteiger partial charge in [-0.25, -0.2) is 0 Å². The van der Waals surface area contributed by atoms with E-state index in [-0.39, 0.29) is 23.3 Å². The Hall–Kier alpha value is -4.70. The van der Waals surface area contributed by atoms with Gasteiger partial charge >= 0.3 is 0 Å². The molecule has 1 heterocycles. The summed E-state index contributed by atoms with van der Waals surface area (Å²) in [6.07, 6.45) is 0. The Morgan fingerprint density at radius 3 is 1.67 bits per heavy atom. The number of rotatable bonds is 4. The molecule has 0 radical (unpaired) electrons. The Morgan fingerprint density at radius 1 is 0.524 bits per heavy atom. The number of aryl methyl sites for hydroxylation is 6. The molecule has 0 fully saturated rings. The summed E-state index contributed by atoms with van der Waals surface area (Å²) in [6.45, 7) is 12.3. The number of benzene rings is 5. The van der Waals surface area contributed by atoms with Gasteiger partial charge in [0.15, 0.2) is 23.0 Å². The summed E-state index contributed by atoms with van der Waals surface area (Å²) in [5.74, 6) is 0.943. The van der Waals surface area contributed by atoms with Gasteiger partial charge in [-0.15, -0.1) is 0 Å². The van der Waals surface area contributed by atoms with E-state index in [9.17, 15) is 15.3 Å². The van der Waals surface area contributed by atoms with Gasteiger partial charge in [0.05, 0.1) is 0 Å². The summed E-state index contributed by atoms with van der Waals surface area (Å²) in [7, 11) is 0. The lowest BCUT2D eigenvalue weighted by Crippen LogP contribution is -2.11. The molecule has 4 nitrogen and oxygen atoms in total. The van der Waals surface area contributed by atoms with Gasteiger partial charge in [0.1, 0.15) is 5.75 Å². The zero-order valence-corrected chi connectivity index (χ0v) is 24.9. The highest BCUT2D eigenvalue weighted by molar-refractivity contribution is 5.61. The number of hydrogen-bond donors (Lipinski definition) is 3. The predicted octanol–water partition coefficient (Wildman–Crippen LogP) is 9.12. The zero-order chi connectivity index (χ0) is 29.9. The van der Waals surface area contributed by atoms with Crippen molar-refractivity contribution in [3.8, 4) is 28.7 Å². The minimum absolute atomic E-state index is 0.00648. The maximum absolute atomic E-state index is 10.6. The van der Waals surface area contributed by atoms with Crippen molar-refractivity contribution < 1.29 is 20.1 Å². The van der Waals surface area contributed by atoms with Crippen molar-refractivity contribution in [3.05, 3.63) is 146 Å². The predicted molar refractivity (Wildman–Crippen MR) is 168 cm³/mol. The van der Waals surface area contributed by atoms with E-state index < -0.39 is 0 Å². The van der Waals surface area contributed by atoms with E-state index in [0.29, 0.717) is 17.2 Å². The van der Waals surface area contributed by atoms with Crippen molar-refractivity contribution in [2.45, 2.75) is 53.4 Å². The monoisotopic (exact) mass is 556 g/mol. The molecule has 0 saturated carbocycles. The van der Waals surface area contributed by atoms with Crippen LogP contribution in [0.3, 0.4) is 0 Å². The zero-order valence-electron chi connectivity index (χ0n) is 24.9. The van der Waals surface area contributed by atoms with Crippen LogP contribution in [0.15, 0.2) is 78.9 Å². The summed E-state index contributed by atoms with van der Waals surface area (Å²) >= 11 is 0. The van der Waals surface area contributed by atoms with Crippen LogP contribution in [-0.4, -0.2) is 15.3 Å². The molecular formula is C38H36O4. The van der Waals surface area contributed by atoms with E-state index in [0.717, 1.165) is 38.9 Å². The number of aromatic hydroxyl groups is 3. The fourth-order valence-corrected chi connectivity index (χ4v) is 6.42. The highest BCUT2D eigenvalue weighted by Crippen LogP contribution is 2.48. The van der Waals surface area contributed by atoms with Crippen LogP contribution in [-0.2, 0) is 0 Å². The molecular weight excluding hydrogens is 520 g/mol. The Balaban J connectivity index is 1.53. The van der Waals surface area contributed by atoms with Crippen LogP contribution < -0.4 is 4.74 Å². The third kappa shape index (κ3) is 4.67. The first-order valence-electron chi connectivity index (χ1n) is 14.3. The first-order valence-corrected chi connectivity index (χ1v) is 14.3. The second-order valence-corrected chi connectivity index (χ2v) is 11.8. The third-order valence-corrected chi connectivity index (χ3v) is 8.78. The molecule has 4 heteroatoms. The highest BCUT2D eigenvalue weighted by atomic mass is 16.5. The van der Waals surface area contributed by atoms with Gasteiger partial charge in [0, 0.05) is 11.8 Å². The number of phenols is 3. The molecule has 1 atom stereocenters. The van der Waals surface area contributed by atoms with Crippen LogP contribution in [0.1, 0.15) is 78.6 Å². The van der Waals surface area contributed by atoms with Crippen LogP contribution in [0.4, 0.5) is 0 Å². The van der Waals surface area contributed by atoms with Crippen LogP contribution in [0.25, 0.3) is 0 Å². The topological polar surface area (TPSA) is 69.9 Å². The summed E-state index contributed by atoms with van der Waals surface area (Å²) in [5.41, 5.74) is 13.1. The fourth-order valence-electron chi connectivity index (χ4n) is 6.42. The van der Waals surface area contributed by atoms with Crippen LogP contribution in [0.2, 0.25) is 0 Å². The van der Waals surface area contributed by atoms with Crippen LogP contribution in [0.5, 0.6) is 28.7 Å². The molecule has 5 aromatic carbocycles. The smallest absolute Gasteiger partial charge is 0.169 e. The van der Waals surface area contributed by atoms with Crippen molar-refractivity contribution in [2.24, 2.45) is 0 Å². The second kappa shape index (κ2) is 10.3. The minimum Gasteiger partial charge on any atom is -0.508 e.